The first kappa shape index (κ1) is 14.0. The Bertz CT molecular complexity index is 622. The van der Waals surface area contributed by atoms with E-state index >= 15 is 0 Å². The van der Waals surface area contributed by atoms with Crippen molar-refractivity contribution in [1.29, 1.82) is 5.26 Å². The van der Waals surface area contributed by atoms with Crippen LogP contribution in [0.1, 0.15) is 25.0 Å². The Morgan fingerprint density at radius 2 is 1.85 bits per heavy atom. The molecular formula is C17H19N3. The molecule has 0 amide bonds. The van der Waals surface area contributed by atoms with Crippen LogP contribution in [0.4, 0.5) is 17.1 Å². The molecule has 20 heavy (non-hydrogen) atoms. The zero-order valence-corrected chi connectivity index (χ0v) is 11.9. The number of hydrogen-bond donors (Lipinski definition) is 2. The summed E-state index contributed by atoms with van der Waals surface area (Å²) in [6.07, 6.45) is 1.08. The van der Waals surface area contributed by atoms with Crippen molar-refractivity contribution in [3.05, 3.63) is 53.6 Å². The molecule has 0 spiro atoms. The summed E-state index contributed by atoms with van der Waals surface area (Å²) in [5.74, 6) is 0.656. The van der Waals surface area contributed by atoms with Crippen LogP contribution < -0.4 is 11.1 Å². The average molecular weight is 265 g/mol. The molecule has 0 heterocycles. The molecule has 0 atom stereocenters. The molecule has 2 rings (SSSR count). The van der Waals surface area contributed by atoms with E-state index in [9.17, 15) is 0 Å². The Morgan fingerprint density at radius 1 is 1.15 bits per heavy atom. The smallest absolute Gasteiger partial charge is 0.0992 e. The topological polar surface area (TPSA) is 61.8 Å². The molecule has 0 radical (unpaired) electrons. The highest BCUT2D eigenvalue weighted by Crippen LogP contribution is 2.24. The third-order valence-electron chi connectivity index (χ3n) is 3.06. The van der Waals surface area contributed by atoms with Crippen LogP contribution in [0.2, 0.25) is 0 Å². The first-order valence-electron chi connectivity index (χ1n) is 6.74. The summed E-state index contributed by atoms with van der Waals surface area (Å²) in [5, 5.41) is 12.1. The first-order chi connectivity index (χ1) is 9.58. The van der Waals surface area contributed by atoms with E-state index in [0.29, 0.717) is 17.2 Å². The largest absolute Gasteiger partial charge is 0.397 e. The van der Waals surface area contributed by atoms with Gasteiger partial charge in [0.25, 0.3) is 0 Å². The van der Waals surface area contributed by atoms with Crippen molar-refractivity contribution >= 4 is 17.1 Å². The molecule has 0 aliphatic carbocycles. The molecule has 0 aliphatic rings. The molecule has 3 heteroatoms. The number of nitrogens with one attached hydrogen (secondary N) is 1. The van der Waals surface area contributed by atoms with E-state index in [0.717, 1.165) is 17.8 Å². The highest BCUT2D eigenvalue weighted by atomic mass is 14.9. The van der Waals surface area contributed by atoms with Crippen molar-refractivity contribution in [2.75, 3.05) is 11.1 Å². The van der Waals surface area contributed by atoms with Gasteiger partial charge < -0.3 is 11.1 Å². The Kier molecular flexibility index (Phi) is 4.27. The summed E-state index contributed by atoms with van der Waals surface area (Å²) < 4.78 is 0. The van der Waals surface area contributed by atoms with Gasteiger partial charge >= 0.3 is 0 Å². The molecule has 3 nitrogen and oxygen atoms in total. The zero-order chi connectivity index (χ0) is 14.5. The lowest BCUT2D eigenvalue weighted by molar-refractivity contribution is 0.647. The average Bonchev–Trinajstić information content (AvgIpc) is 2.42. The summed E-state index contributed by atoms with van der Waals surface area (Å²) in [6.45, 7) is 4.42. The van der Waals surface area contributed by atoms with Gasteiger partial charge in [-0.3, -0.25) is 0 Å². The predicted molar refractivity (Wildman–Crippen MR) is 83.8 cm³/mol. The molecule has 0 saturated heterocycles. The maximum atomic E-state index is 8.82. The molecule has 2 aromatic carbocycles. The summed E-state index contributed by atoms with van der Waals surface area (Å²) in [5.41, 5.74) is 10.2. The van der Waals surface area contributed by atoms with E-state index < -0.39 is 0 Å². The molecule has 0 fully saturated rings. The van der Waals surface area contributed by atoms with Gasteiger partial charge in [0.2, 0.25) is 0 Å². The van der Waals surface area contributed by atoms with E-state index in [-0.39, 0.29) is 0 Å². The van der Waals surface area contributed by atoms with Crippen molar-refractivity contribution in [3.63, 3.8) is 0 Å². The SMILES string of the molecule is CC(C)Cc1ccc(Nc2ccc(C#N)cc2N)cc1. The van der Waals surface area contributed by atoms with Gasteiger partial charge in [0.05, 0.1) is 23.0 Å². The number of nitrogen functional groups attached to an aromatic ring is 1. The van der Waals surface area contributed by atoms with Crippen LogP contribution in [0, 0.1) is 17.2 Å². The second-order valence-corrected chi connectivity index (χ2v) is 5.33. The molecule has 0 bridgehead atoms. The molecule has 0 unspecified atom stereocenters. The molecule has 2 aromatic rings. The van der Waals surface area contributed by atoms with E-state index in [1.54, 1.807) is 12.1 Å². The standard InChI is InChI=1S/C17H19N3/c1-12(2)9-13-3-6-15(7-4-13)20-17-8-5-14(11-18)10-16(17)19/h3-8,10,12,20H,9,19H2,1-2H3. The van der Waals surface area contributed by atoms with Gasteiger partial charge in [-0.25, -0.2) is 0 Å². The molecule has 0 saturated carbocycles. The second-order valence-electron chi connectivity index (χ2n) is 5.33. The fraction of sp³-hybridized carbons (Fsp3) is 0.235. The van der Waals surface area contributed by atoms with Gasteiger partial charge in [-0.05, 0) is 48.2 Å². The molecule has 3 N–H and O–H groups in total. The number of hydrogen-bond acceptors (Lipinski definition) is 3. The Balaban J connectivity index is 2.12. The van der Waals surface area contributed by atoms with E-state index in [2.05, 4.69) is 49.5 Å². The van der Waals surface area contributed by atoms with E-state index in [1.807, 2.05) is 6.07 Å². The van der Waals surface area contributed by atoms with Crippen molar-refractivity contribution < 1.29 is 0 Å². The Morgan fingerprint density at radius 3 is 2.40 bits per heavy atom. The van der Waals surface area contributed by atoms with Gasteiger partial charge in [0, 0.05) is 5.69 Å². The number of nitriles is 1. The minimum absolute atomic E-state index is 0.570. The highest BCUT2D eigenvalue weighted by molar-refractivity contribution is 5.73. The van der Waals surface area contributed by atoms with Crippen LogP contribution in [0.3, 0.4) is 0 Å². The lowest BCUT2D eigenvalue weighted by Crippen LogP contribution is -1.98. The third-order valence-corrected chi connectivity index (χ3v) is 3.06. The lowest BCUT2D eigenvalue weighted by Gasteiger charge is -2.11. The van der Waals surface area contributed by atoms with Crippen LogP contribution >= 0.6 is 0 Å². The minimum atomic E-state index is 0.570. The molecular weight excluding hydrogens is 246 g/mol. The fourth-order valence-electron chi connectivity index (χ4n) is 2.10. The van der Waals surface area contributed by atoms with Crippen LogP contribution in [-0.4, -0.2) is 0 Å². The summed E-state index contributed by atoms with van der Waals surface area (Å²) in [6, 6.07) is 15.7. The van der Waals surface area contributed by atoms with Gasteiger partial charge in [0.15, 0.2) is 0 Å². The number of anilines is 3. The summed E-state index contributed by atoms with van der Waals surface area (Å²) in [4.78, 5) is 0. The third kappa shape index (κ3) is 3.52. The number of rotatable bonds is 4. The van der Waals surface area contributed by atoms with Crippen LogP contribution in [-0.2, 0) is 6.42 Å². The van der Waals surface area contributed by atoms with Crippen LogP contribution in [0.5, 0.6) is 0 Å². The van der Waals surface area contributed by atoms with Crippen LogP contribution in [0.15, 0.2) is 42.5 Å². The maximum Gasteiger partial charge on any atom is 0.0992 e. The predicted octanol–water partition coefficient (Wildman–Crippen LogP) is 4.08. The van der Waals surface area contributed by atoms with E-state index in [1.165, 1.54) is 5.56 Å². The Hall–Kier alpha value is -2.47. The zero-order valence-electron chi connectivity index (χ0n) is 11.9. The number of nitrogens with zero attached hydrogens (tertiary/aromatic N) is 1. The monoisotopic (exact) mass is 265 g/mol. The minimum Gasteiger partial charge on any atom is -0.397 e. The summed E-state index contributed by atoms with van der Waals surface area (Å²) in [7, 11) is 0. The van der Waals surface area contributed by atoms with Crippen molar-refractivity contribution in [3.8, 4) is 6.07 Å². The van der Waals surface area contributed by atoms with Crippen molar-refractivity contribution in [1.82, 2.24) is 0 Å². The number of benzene rings is 2. The normalized spacial score (nSPS) is 10.3. The summed E-state index contributed by atoms with van der Waals surface area (Å²) >= 11 is 0. The fourth-order valence-corrected chi connectivity index (χ4v) is 2.10. The quantitative estimate of drug-likeness (QED) is 0.819. The molecule has 0 aromatic heterocycles. The number of nitrogens with two attached hydrogens (primary N) is 1. The van der Waals surface area contributed by atoms with Gasteiger partial charge in [0.1, 0.15) is 0 Å². The van der Waals surface area contributed by atoms with E-state index in [4.69, 9.17) is 11.0 Å². The van der Waals surface area contributed by atoms with Gasteiger partial charge in [-0.1, -0.05) is 26.0 Å². The highest BCUT2D eigenvalue weighted by Gasteiger charge is 2.02. The van der Waals surface area contributed by atoms with Crippen molar-refractivity contribution in [2.24, 2.45) is 5.92 Å². The van der Waals surface area contributed by atoms with Gasteiger partial charge in [-0.15, -0.1) is 0 Å². The lowest BCUT2D eigenvalue weighted by atomic mass is 10.0. The molecule has 102 valence electrons. The molecule has 0 aliphatic heterocycles. The van der Waals surface area contributed by atoms with Crippen molar-refractivity contribution in [2.45, 2.75) is 20.3 Å². The van der Waals surface area contributed by atoms with Gasteiger partial charge in [-0.2, -0.15) is 5.26 Å². The second kappa shape index (κ2) is 6.12. The first-order valence-corrected chi connectivity index (χ1v) is 6.74. The maximum absolute atomic E-state index is 8.82. The Labute approximate surface area is 120 Å². The van der Waals surface area contributed by atoms with Crippen LogP contribution in [0.25, 0.3) is 0 Å².